The molecule has 0 bridgehead atoms. The van der Waals surface area contributed by atoms with E-state index in [9.17, 15) is 9.18 Å². The number of carbonyl (C=O) groups excluding carboxylic acids is 1. The third-order valence-electron chi connectivity index (χ3n) is 3.02. The van der Waals surface area contributed by atoms with Gasteiger partial charge in [-0.1, -0.05) is 44.0 Å². The van der Waals surface area contributed by atoms with Gasteiger partial charge < -0.3 is 10.4 Å². The van der Waals surface area contributed by atoms with Crippen molar-refractivity contribution < 1.29 is 14.3 Å². The van der Waals surface area contributed by atoms with E-state index in [1.165, 1.54) is 6.07 Å². The first-order valence-corrected chi connectivity index (χ1v) is 6.98. The van der Waals surface area contributed by atoms with Crippen molar-refractivity contribution in [3.63, 3.8) is 0 Å². The summed E-state index contributed by atoms with van der Waals surface area (Å²) >= 11 is 11.5. The van der Waals surface area contributed by atoms with E-state index in [4.69, 9.17) is 28.3 Å². The Morgan fingerprint density at radius 3 is 2.45 bits per heavy atom. The summed E-state index contributed by atoms with van der Waals surface area (Å²) in [6.07, 6.45) is 0.406. The van der Waals surface area contributed by atoms with Crippen molar-refractivity contribution in [1.29, 1.82) is 0 Å². The highest BCUT2D eigenvalue weighted by Crippen LogP contribution is 2.26. The van der Waals surface area contributed by atoms with Crippen LogP contribution in [0.4, 0.5) is 4.39 Å². The van der Waals surface area contributed by atoms with Crippen molar-refractivity contribution in [2.45, 2.75) is 33.2 Å². The number of nitrogens with one attached hydrogen (secondary N) is 1. The van der Waals surface area contributed by atoms with Gasteiger partial charge in [0.2, 0.25) is 0 Å². The smallest absolute Gasteiger partial charge is 0.253 e. The van der Waals surface area contributed by atoms with Gasteiger partial charge in [0.15, 0.2) is 0 Å². The van der Waals surface area contributed by atoms with Crippen LogP contribution in [-0.4, -0.2) is 23.7 Å². The molecular formula is C14H18Cl2FNO2. The number of amides is 1. The first kappa shape index (κ1) is 17.2. The van der Waals surface area contributed by atoms with Gasteiger partial charge in [0.25, 0.3) is 5.91 Å². The van der Waals surface area contributed by atoms with Crippen molar-refractivity contribution in [3.05, 3.63) is 33.6 Å². The fraction of sp³-hybridized carbons (Fsp3) is 0.500. The summed E-state index contributed by atoms with van der Waals surface area (Å²) < 4.78 is 13.4. The van der Waals surface area contributed by atoms with Gasteiger partial charge in [0.05, 0.1) is 15.6 Å². The third-order valence-corrected chi connectivity index (χ3v) is 3.63. The fourth-order valence-corrected chi connectivity index (χ4v) is 2.25. The average Bonchev–Trinajstić information content (AvgIpc) is 2.32. The highest BCUT2D eigenvalue weighted by Gasteiger charge is 2.27. The molecule has 0 aromatic heterocycles. The zero-order valence-corrected chi connectivity index (χ0v) is 13.1. The highest BCUT2D eigenvalue weighted by atomic mass is 35.5. The number of carbonyl (C=O) groups is 1. The first-order chi connectivity index (χ1) is 9.16. The molecule has 112 valence electrons. The lowest BCUT2D eigenvalue weighted by molar-refractivity contribution is 0.0885. The first-order valence-electron chi connectivity index (χ1n) is 6.23. The van der Waals surface area contributed by atoms with Gasteiger partial charge in [-0.25, -0.2) is 4.39 Å². The predicted molar refractivity (Wildman–Crippen MR) is 78.8 cm³/mol. The maximum Gasteiger partial charge on any atom is 0.253 e. The number of aliphatic hydroxyl groups excluding tert-OH is 1. The quantitative estimate of drug-likeness (QED) is 0.831. The predicted octanol–water partition coefficient (Wildman–Crippen LogP) is 3.66. The fourth-order valence-electron chi connectivity index (χ4n) is 1.78. The SMILES string of the molecule is CC(C)(C)C(CCO)NC(=O)c1cc(F)c(Cl)cc1Cl. The summed E-state index contributed by atoms with van der Waals surface area (Å²) in [6, 6.07) is 1.96. The number of halogens is 3. The molecule has 0 spiro atoms. The largest absolute Gasteiger partial charge is 0.396 e. The Bertz CT molecular complexity index is 501. The second-order valence-electron chi connectivity index (χ2n) is 5.65. The Labute approximate surface area is 128 Å². The van der Waals surface area contributed by atoms with Crippen LogP contribution in [0.3, 0.4) is 0 Å². The van der Waals surface area contributed by atoms with E-state index in [0.717, 1.165) is 6.07 Å². The summed E-state index contributed by atoms with van der Waals surface area (Å²) in [6.45, 7) is 5.78. The zero-order chi connectivity index (χ0) is 15.5. The second-order valence-corrected chi connectivity index (χ2v) is 6.46. The molecule has 2 N–H and O–H groups in total. The van der Waals surface area contributed by atoms with Gasteiger partial charge in [0.1, 0.15) is 5.82 Å². The Morgan fingerprint density at radius 2 is 1.95 bits per heavy atom. The van der Waals surface area contributed by atoms with Crippen LogP contribution in [-0.2, 0) is 0 Å². The maximum absolute atomic E-state index is 13.4. The minimum atomic E-state index is -0.698. The molecule has 20 heavy (non-hydrogen) atoms. The van der Waals surface area contributed by atoms with Gasteiger partial charge in [-0.2, -0.15) is 0 Å². The molecule has 1 atom stereocenters. The van der Waals surface area contributed by atoms with Crippen molar-refractivity contribution in [3.8, 4) is 0 Å². The lowest BCUT2D eigenvalue weighted by atomic mass is 9.84. The summed E-state index contributed by atoms with van der Waals surface area (Å²) in [5.41, 5.74) is -0.212. The molecule has 0 saturated heterocycles. The van der Waals surface area contributed by atoms with Crippen LogP contribution < -0.4 is 5.32 Å². The van der Waals surface area contributed by atoms with Crippen molar-refractivity contribution in [2.24, 2.45) is 5.41 Å². The van der Waals surface area contributed by atoms with Crippen LogP contribution in [0.15, 0.2) is 12.1 Å². The number of hydrogen-bond donors (Lipinski definition) is 2. The van der Waals surface area contributed by atoms with Gasteiger partial charge in [-0.15, -0.1) is 0 Å². The van der Waals surface area contributed by atoms with Gasteiger partial charge >= 0.3 is 0 Å². The van der Waals surface area contributed by atoms with Crippen LogP contribution in [0.1, 0.15) is 37.6 Å². The van der Waals surface area contributed by atoms with Gasteiger partial charge in [-0.05, 0) is 24.0 Å². The molecule has 0 aliphatic heterocycles. The lowest BCUT2D eigenvalue weighted by Gasteiger charge is -2.31. The number of hydrogen-bond acceptors (Lipinski definition) is 2. The molecule has 0 aliphatic rings. The summed E-state index contributed by atoms with van der Waals surface area (Å²) in [5, 5.41) is 11.8. The van der Waals surface area contributed by atoms with Gasteiger partial charge in [-0.3, -0.25) is 4.79 Å². The molecule has 0 saturated carbocycles. The van der Waals surface area contributed by atoms with Gasteiger partial charge in [0, 0.05) is 12.6 Å². The van der Waals surface area contributed by atoms with Crippen LogP contribution in [0, 0.1) is 11.2 Å². The van der Waals surface area contributed by atoms with E-state index in [0.29, 0.717) is 6.42 Å². The average molecular weight is 322 g/mol. The van der Waals surface area contributed by atoms with Crippen molar-refractivity contribution >= 4 is 29.1 Å². The standard InChI is InChI=1S/C14H18Cl2FNO2/c1-14(2,3)12(4-5-19)18-13(20)8-6-11(17)10(16)7-9(8)15/h6-7,12,19H,4-5H2,1-3H3,(H,18,20). The molecule has 0 fully saturated rings. The van der Waals surface area contributed by atoms with Crippen molar-refractivity contribution in [2.75, 3.05) is 6.61 Å². The van der Waals surface area contributed by atoms with E-state index >= 15 is 0 Å². The Morgan fingerprint density at radius 1 is 1.35 bits per heavy atom. The van der Waals surface area contributed by atoms with E-state index in [-0.39, 0.29) is 33.7 Å². The summed E-state index contributed by atoms with van der Waals surface area (Å²) in [7, 11) is 0. The van der Waals surface area contributed by atoms with Crippen LogP contribution in [0.2, 0.25) is 10.0 Å². The number of aliphatic hydroxyl groups is 1. The molecule has 1 rings (SSSR count). The Hall–Kier alpha value is -0.840. The van der Waals surface area contributed by atoms with E-state index < -0.39 is 11.7 Å². The Balaban J connectivity index is 2.98. The Kier molecular flexibility index (Phi) is 5.80. The molecule has 0 heterocycles. The molecule has 1 aromatic carbocycles. The second kappa shape index (κ2) is 6.74. The molecule has 0 radical (unpaired) electrons. The molecule has 1 aromatic rings. The number of benzene rings is 1. The third kappa shape index (κ3) is 4.33. The lowest BCUT2D eigenvalue weighted by Crippen LogP contribution is -2.44. The zero-order valence-electron chi connectivity index (χ0n) is 11.6. The molecule has 0 aliphatic carbocycles. The van der Waals surface area contributed by atoms with Crippen LogP contribution in [0.25, 0.3) is 0 Å². The topological polar surface area (TPSA) is 49.3 Å². The molecule has 6 heteroatoms. The molecule has 1 unspecified atom stereocenters. The minimum Gasteiger partial charge on any atom is -0.396 e. The van der Waals surface area contributed by atoms with E-state index in [2.05, 4.69) is 5.32 Å². The van der Waals surface area contributed by atoms with E-state index in [1.807, 2.05) is 20.8 Å². The minimum absolute atomic E-state index is 0.0285. The summed E-state index contributed by atoms with van der Waals surface area (Å²) in [4.78, 5) is 12.2. The normalized spacial score (nSPS) is 13.2. The highest BCUT2D eigenvalue weighted by molar-refractivity contribution is 6.36. The molecule has 1 amide bonds. The molecule has 3 nitrogen and oxygen atoms in total. The monoisotopic (exact) mass is 321 g/mol. The maximum atomic E-state index is 13.4. The number of rotatable bonds is 4. The van der Waals surface area contributed by atoms with Crippen LogP contribution in [0.5, 0.6) is 0 Å². The summed E-state index contributed by atoms with van der Waals surface area (Å²) in [5.74, 6) is -1.19. The van der Waals surface area contributed by atoms with Crippen LogP contribution >= 0.6 is 23.2 Å². The van der Waals surface area contributed by atoms with E-state index in [1.54, 1.807) is 0 Å². The van der Waals surface area contributed by atoms with Crippen molar-refractivity contribution in [1.82, 2.24) is 5.32 Å². The molecular weight excluding hydrogens is 304 g/mol.